The van der Waals surface area contributed by atoms with E-state index in [1.165, 1.54) is 19.1 Å². The lowest BCUT2D eigenvalue weighted by atomic mass is 10.2. The van der Waals surface area contributed by atoms with Crippen molar-refractivity contribution >= 4 is 17.6 Å². The molecule has 3 N–H and O–H groups in total. The van der Waals surface area contributed by atoms with Gasteiger partial charge < -0.3 is 34.8 Å². The number of hydrogen-bond donors (Lipinski definition) is 3. The van der Waals surface area contributed by atoms with Crippen LogP contribution in [0, 0.1) is 0 Å². The smallest absolute Gasteiger partial charge is 0.317 e. The van der Waals surface area contributed by atoms with Crippen molar-refractivity contribution in [1.29, 1.82) is 0 Å². The highest BCUT2D eigenvalue weighted by Gasteiger charge is 2.32. The van der Waals surface area contributed by atoms with Gasteiger partial charge in [-0.2, -0.15) is 0 Å². The van der Waals surface area contributed by atoms with E-state index < -0.39 is 6.03 Å². The third kappa shape index (κ3) is 4.55. The first kappa shape index (κ1) is 19.8. The first-order chi connectivity index (χ1) is 12.5. The van der Waals surface area contributed by atoms with Crippen LogP contribution in [0.3, 0.4) is 0 Å². The molecule has 1 fully saturated rings. The zero-order valence-corrected chi connectivity index (χ0v) is 15.0. The number of aliphatic hydroxyl groups excluding tert-OH is 2. The van der Waals surface area contributed by atoms with Crippen LogP contribution in [0.25, 0.3) is 0 Å². The Morgan fingerprint density at radius 1 is 1.23 bits per heavy atom. The molecule has 9 heteroatoms. The summed E-state index contributed by atoms with van der Waals surface area (Å²) in [6.45, 7) is 0.161. The van der Waals surface area contributed by atoms with E-state index in [9.17, 15) is 9.59 Å². The summed E-state index contributed by atoms with van der Waals surface area (Å²) >= 11 is 0. The van der Waals surface area contributed by atoms with Gasteiger partial charge in [-0.1, -0.05) is 0 Å². The highest BCUT2D eigenvalue weighted by molar-refractivity contribution is 5.97. The number of ether oxygens (including phenoxy) is 2. The van der Waals surface area contributed by atoms with Crippen molar-refractivity contribution in [2.45, 2.75) is 12.5 Å². The number of amides is 3. The molecule has 2 rings (SSSR count). The Hall–Kier alpha value is -2.52. The van der Waals surface area contributed by atoms with Gasteiger partial charge in [0.2, 0.25) is 5.91 Å². The number of nitrogens with one attached hydrogen (secondary N) is 1. The maximum atomic E-state index is 12.4. The van der Waals surface area contributed by atoms with Crippen LogP contribution in [0.5, 0.6) is 11.5 Å². The molecule has 1 aliphatic heterocycles. The molecular weight excluding hydrogens is 342 g/mol. The molecule has 26 heavy (non-hydrogen) atoms. The molecule has 0 aliphatic carbocycles. The van der Waals surface area contributed by atoms with Crippen molar-refractivity contribution in [3.8, 4) is 11.5 Å². The second-order valence-electron chi connectivity index (χ2n) is 5.83. The minimum atomic E-state index is -0.417. The maximum absolute atomic E-state index is 12.4. The van der Waals surface area contributed by atoms with E-state index in [-0.39, 0.29) is 44.7 Å². The molecule has 0 aromatic heterocycles. The summed E-state index contributed by atoms with van der Waals surface area (Å²) < 4.78 is 10.5. The van der Waals surface area contributed by atoms with Gasteiger partial charge in [-0.3, -0.25) is 4.79 Å². The van der Waals surface area contributed by atoms with Crippen molar-refractivity contribution in [2.24, 2.45) is 0 Å². The van der Waals surface area contributed by atoms with E-state index >= 15 is 0 Å². The van der Waals surface area contributed by atoms with E-state index in [0.717, 1.165) is 0 Å². The number of carbonyl (C=O) groups is 2. The van der Waals surface area contributed by atoms with Gasteiger partial charge in [0.1, 0.15) is 0 Å². The van der Waals surface area contributed by atoms with Gasteiger partial charge in [-0.15, -0.1) is 0 Å². The lowest BCUT2D eigenvalue weighted by molar-refractivity contribution is -0.117. The van der Waals surface area contributed by atoms with E-state index in [2.05, 4.69) is 5.32 Å². The average Bonchev–Trinajstić information content (AvgIpc) is 3.00. The summed E-state index contributed by atoms with van der Waals surface area (Å²) in [5, 5.41) is 20.8. The molecule has 1 aliphatic rings. The molecular formula is C17H25N3O6. The van der Waals surface area contributed by atoms with E-state index in [1.807, 2.05) is 0 Å². The Kier molecular flexibility index (Phi) is 7.05. The molecule has 0 radical (unpaired) electrons. The van der Waals surface area contributed by atoms with Crippen LogP contribution in [0.4, 0.5) is 10.5 Å². The summed E-state index contributed by atoms with van der Waals surface area (Å²) in [5.74, 6) is 0.970. The molecule has 1 heterocycles. The lowest BCUT2D eigenvalue weighted by Crippen LogP contribution is -2.47. The van der Waals surface area contributed by atoms with Gasteiger partial charge in [-0.25, -0.2) is 4.79 Å². The number of anilines is 1. The SMILES string of the molecule is COc1ccc(N2C[C@H](NC(=O)N(CCO)CCO)CC2=O)cc1OC. The summed E-state index contributed by atoms with van der Waals surface area (Å²) in [5.41, 5.74) is 0.659. The van der Waals surface area contributed by atoms with Gasteiger partial charge >= 0.3 is 6.03 Å². The van der Waals surface area contributed by atoms with Crippen molar-refractivity contribution in [1.82, 2.24) is 10.2 Å². The Bertz CT molecular complexity index is 633. The summed E-state index contributed by atoms with van der Waals surface area (Å²) in [6, 6.07) is 4.42. The second-order valence-corrected chi connectivity index (χ2v) is 5.83. The molecule has 1 atom stereocenters. The fourth-order valence-corrected chi connectivity index (χ4v) is 2.87. The van der Waals surface area contributed by atoms with Crippen LogP contribution in [0.2, 0.25) is 0 Å². The summed E-state index contributed by atoms with van der Waals surface area (Å²) in [4.78, 5) is 27.5. The van der Waals surface area contributed by atoms with E-state index in [1.54, 1.807) is 23.1 Å². The normalized spacial score (nSPS) is 16.5. The molecule has 0 saturated carbocycles. The van der Waals surface area contributed by atoms with Crippen molar-refractivity contribution < 1.29 is 29.3 Å². The number of urea groups is 1. The number of nitrogens with zero attached hydrogens (tertiary/aromatic N) is 2. The fraction of sp³-hybridized carbons (Fsp3) is 0.529. The second kappa shape index (κ2) is 9.25. The number of rotatable bonds is 8. The molecule has 1 aromatic carbocycles. The standard InChI is InChI=1S/C17H25N3O6/c1-25-14-4-3-13(10-15(14)26-2)20-11-12(9-16(20)23)18-17(24)19(5-7-21)6-8-22/h3-4,10,12,21-22H,5-9,11H2,1-2H3,(H,18,24)/t12-/m1/s1. The highest BCUT2D eigenvalue weighted by atomic mass is 16.5. The largest absolute Gasteiger partial charge is 0.493 e. The first-order valence-electron chi connectivity index (χ1n) is 8.33. The molecule has 144 valence electrons. The highest BCUT2D eigenvalue weighted by Crippen LogP contribution is 2.33. The Morgan fingerprint density at radius 2 is 1.88 bits per heavy atom. The van der Waals surface area contributed by atoms with Crippen molar-refractivity contribution in [2.75, 3.05) is 52.0 Å². The van der Waals surface area contributed by atoms with E-state index in [0.29, 0.717) is 23.7 Å². The topological polar surface area (TPSA) is 112 Å². The molecule has 0 spiro atoms. The average molecular weight is 367 g/mol. The molecule has 1 aromatic rings. The number of carbonyl (C=O) groups excluding carboxylic acids is 2. The molecule has 0 unspecified atom stereocenters. The fourth-order valence-electron chi connectivity index (χ4n) is 2.87. The number of methoxy groups -OCH3 is 2. The van der Waals surface area contributed by atoms with Crippen molar-refractivity contribution in [3.05, 3.63) is 18.2 Å². The van der Waals surface area contributed by atoms with Crippen molar-refractivity contribution in [3.63, 3.8) is 0 Å². The van der Waals surface area contributed by atoms with E-state index in [4.69, 9.17) is 19.7 Å². The van der Waals surface area contributed by atoms with Gasteiger partial charge in [0.15, 0.2) is 11.5 Å². The van der Waals surface area contributed by atoms with Gasteiger partial charge in [0.05, 0.1) is 33.5 Å². The summed E-state index contributed by atoms with van der Waals surface area (Å²) in [7, 11) is 3.06. The minimum absolute atomic E-state index is 0.113. The first-order valence-corrected chi connectivity index (χ1v) is 8.33. The Morgan fingerprint density at radius 3 is 2.46 bits per heavy atom. The predicted octanol–water partition coefficient (Wildman–Crippen LogP) is -0.195. The minimum Gasteiger partial charge on any atom is -0.493 e. The number of benzene rings is 1. The Balaban J connectivity index is 2.05. The van der Waals surface area contributed by atoms with Gasteiger partial charge in [0.25, 0.3) is 0 Å². The Labute approximate surface area is 152 Å². The lowest BCUT2D eigenvalue weighted by Gasteiger charge is -2.24. The zero-order valence-electron chi connectivity index (χ0n) is 15.0. The van der Waals surface area contributed by atoms with Crippen LogP contribution < -0.4 is 19.7 Å². The predicted molar refractivity (Wildman–Crippen MR) is 94.6 cm³/mol. The number of hydrogen-bond acceptors (Lipinski definition) is 6. The third-order valence-corrected chi connectivity index (χ3v) is 4.16. The van der Waals surface area contributed by atoms with Crippen LogP contribution in [0.15, 0.2) is 18.2 Å². The zero-order chi connectivity index (χ0) is 19.1. The van der Waals surface area contributed by atoms with Crippen LogP contribution in [-0.2, 0) is 4.79 Å². The molecule has 3 amide bonds. The van der Waals surface area contributed by atoms with Gasteiger partial charge in [0, 0.05) is 37.8 Å². The monoisotopic (exact) mass is 367 g/mol. The van der Waals surface area contributed by atoms with Crippen LogP contribution in [0.1, 0.15) is 6.42 Å². The molecule has 0 bridgehead atoms. The molecule has 1 saturated heterocycles. The van der Waals surface area contributed by atoms with Crippen LogP contribution >= 0.6 is 0 Å². The number of aliphatic hydroxyl groups is 2. The third-order valence-electron chi connectivity index (χ3n) is 4.16. The van der Waals surface area contributed by atoms with Crippen LogP contribution in [-0.4, -0.2) is 80.2 Å². The molecule has 9 nitrogen and oxygen atoms in total. The summed E-state index contributed by atoms with van der Waals surface area (Å²) in [6.07, 6.45) is 0.173. The quantitative estimate of drug-likeness (QED) is 0.587. The maximum Gasteiger partial charge on any atom is 0.317 e. The van der Waals surface area contributed by atoms with Gasteiger partial charge in [-0.05, 0) is 12.1 Å².